The molecule has 0 spiro atoms. The van der Waals surface area contributed by atoms with E-state index in [0.717, 1.165) is 24.8 Å². The van der Waals surface area contributed by atoms with E-state index >= 15 is 0 Å². The van der Waals surface area contributed by atoms with E-state index < -0.39 is 27.3 Å². The van der Waals surface area contributed by atoms with Crippen LogP contribution in [0.4, 0.5) is 0 Å². The van der Waals surface area contributed by atoms with Crippen LogP contribution in [0.1, 0.15) is 59.3 Å². The normalized spacial score (nSPS) is 39.9. The van der Waals surface area contributed by atoms with Gasteiger partial charge in [-0.1, -0.05) is 25.5 Å². The minimum absolute atomic E-state index is 0.0228. The van der Waals surface area contributed by atoms with E-state index in [4.69, 9.17) is 30.5 Å². The summed E-state index contributed by atoms with van der Waals surface area (Å²) in [6.45, 7) is 6.02. The van der Waals surface area contributed by atoms with Gasteiger partial charge >= 0.3 is 5.97 Å². The lowest BCUT2D eigenvalue weighted by molar-refractivity contribution is -0.207. The fourth-order valence-electron chi connectivity index (χ4n) is 7.49. The minimum Gasteiger partial charge on any atom is -0.458 e. The lowest BCUT2D eigenvalue weighted by atomic mass is 9.46. The number of allylic oxidation sites excluding steroid dienone is 4. The number of carbonyl (C=O) groups excluding carboxylic acids is 3. The number of hydrogen-bond donors (Lipinski definition) is 0. The van der Waals surface area contributed by atoms with Crippen molar-refractivity contribution in [3.63, 3.8) is 0 Å². The van der Waals surface area contributed by atoms with Crippen molar-refractivity contribution in [2.24, 2.45) is 22.7 Å². The quantitative estimate of drug-likeness (QED) is 0.200. The van der Waals surface area contributed by atoms with E-state index in [0.29, 0.717) is 32.5 Å². The summed E-state index contributed by atoms with van der Waals surface area (Å²) in [6.07, 6.45) is 9.78. The molecule has 4 aliphatic rings. The van der Waals surface area contributed by atoms with Gasteiger partial charge in [-0.3, -0.25) is 14.4 Å². The Balaban J connectivity index is 1.64. The zero-order valence-corrected chi connectivity index (χ0v) is 21.9. The first-order valence-corrected chi connectivity index (χ1v) is 12.9. The molecule has 0 unspecified atom stereocenters. The van der Waals surface area contributed by atoms with Crippen molar-refractivity contribution >= 4 is 29.1 Å². The number of hydrogen-bond acceptors (Lipinski definition) is 7. The lowest BCUT2D eigenvalue weighted by Gasteiger charge is -2.62. The third-order valence-corrected chi connectivity index (χ3v) is 10.3. The van der Waals surface area contributed by atoms with Gasteiger partial charge in [0.25, 0.3) is 0 Å². The number of rotatable bonds is 9. The third kappa shape index (κ3) is 4.12. The molecule has 0 aromatic rings. The van der Waals surface area contributed by atoms with Crippen LogP contribution in [-0.2, 0) is 33.3 Å². The second kappa shape index (κ2) is 9.73. The molecule has 0 aliphatic heterocycles. The SMILES string of the molecule is COCCOCO[C@]1(C(=O)COC(C)=O)CC[C@H]2[C@@H]3CCC4=CC(=O)C=C[C@]4(C)[C@@]3(Cl)CC[C@@]21C. The van der Waals surface area contributed by atoms with E-state index in [1.165, 1.54) is 6.92 Å². The fourth-order valence-corrected chi connectivity index (χ4v) is 8.03. The van der Waals surface area contributed by atoms with Crippen LogP contribution in [0.2, 0.25) is 0 Å². The number of fused-ring (bicyclic) bond motifs is 5. The predicted molar refractivity (Wildman–Crippen MR) is 130 cm³/mol. The molecule has 6 atom stereocenters. The molecule has 3 fully saturated rings. The summed E-state index contributed by atoms with van der Waals surface area (Å²) in [6, 6.07) is 0. The van der Waals surface area contributed by atoms with Gasteiger partial charge in [0.1, 0.15) is 12.4 Å². The van der Waals surface area contributed by atoms with Crippen LogP contribution >= 0.6 is 11.6 Å². The number of halogens is 1. The molecule has 194 valence electrons. The monoisotopic (exact) mass is 508 g/mol. The van der Waals surface area contributed by atoms with E-state index in [9.17, 15) is 14.4 Å². The number of carbonyl (C=O) groups is 3. The molecule has 3 saturated carbocycles. The lowest BCUT2D eigenvalue weighted by Crippen LogP contribution is -2.63. The van der Waals surface area contributed by atoms with Gasteiger partial charge in [-0.15, -0.1) is 11.6 Å². The molecule has 7 nitrogen and oxygen atoms in total. The Morgan fingerprint density at radius 1 is 1.11 bits per heavy atom. The van der Waals surface area contributed by atoms with Crippen molar-refractivity contribution in [3.05, 3.63) is 23.8 Å². The number of ether oxygens (including phenoxy) is 4. The molecular weight excluding hydrogens is 472 g/mol. The molecule has 0 amide bonds. The number of alkyl halides is 1. The van der Waals surface area contributed by atoms with Crippen LogP contribution in [0.15, 0.2) is 23.8 Å². The van der Waals surface area contributed by atoms with E-state index in [1.807, 2.05) is 6.08 Å². The summed E-state index contributed by atoms with van der Waals surface area (Å²) < 4.78 is 22.1. The maximum Gasteiger partial charge on any atom is 0.303 e. The largest absolute Gasteiger partial charge is 0.458 e. The molecule has 0 heterocycles. The fraction of sp³-hybridized carbons (Fsp3) is 0.741. The van der Waals surface area contributed by atoms with Crippen LogP contribution in [0.3, 0.4) is 0 Å². The average molecular weight is 509 g/mol. The molecule has 0 N–H and O–H groups in total. The number of Topliss-reactive ketones (excluding diaryl/α,β-unsaturated/α-hetero) is 1. The van der Waals surface area contributed by atoms with Gasteiger partial charge in [0.2, 0.25) is 5.78 Å². The van der Waals surface area contributed by atoms with Gasteiger partial charge < -0.3 is 18.9 Å². The predicted octanol–water partition coefficient (Wildman–Crippen LogP) is 4.16. The van der Waals surface area contributed by atoms with Crippen LogP contribution in [0.5, 0.6) is 0 Å². The number of methoxy groups -OCH3 is 1. The molecule has 0 bridgehead atoms. The topological polar surface area (TPSA) is 88.1 Å². The Bertz CT molecular complexity index is 944. The molecule has 4 rings (SSSR count). The van der Waals surface area contributed by atoms with Crippen LogP contribution in [0, 0.1) is 22.7 Å². The van der Waals surface area contributed by atoms with E-state index in [1.54, 1.807) is 19.3 Å². The summed E-state index contributed by atoms with van der Waals surface area (Å²) in [5.74, 6) is -0.385. The maximum absolute atomic E-state index is 13.6. The van der Waals surface area contributed by atoms with Crippen LogP contribution in [0.25, 0.3) is 0 Å². The zero-order chi connectivity index (χ0) is 25.5. The van der Waals surface area contributed by atoms with Crippen molar-refractivity contribution < 1.29 is 33.3 Å². The van der Waals surface area contributed by atoms with Crippen molar-refractivity contribution in [2.75, 3.05) is 33.7 Å². The Labute approximate surface area is 212 Å². The first kappa shape index (κ1) is 26.5. The summed E-state index contributed by atoms with van der Waals surface area (Å²) >= 11 is 7.57. The van der Waals surface area contributed by atoms with E-state index in [-0.39, 0.29) is 36.8 Å². The molecular formula is C27H37ClO7. The second-order valence-electron chi connectivity index (χ2n) is 10.9. The minimum atomic E-state index is -1.12. The van der Waals surface area contributed by atoms with Crippen molar-refractivity contribution in [1.82, 2.24) is 0 Å². The second-order valence-corrected chi connectivity index (χ2v) is 11.5. The molecule has 35 heavy (non-hydrogen) atoms. The summed E-state index contributed by atoms with van der Waals surface area (Å²) in [5, 5.41) is 0. The van der Waals surface area contributed by atoms with Crippen molar-refractivity contribution in [3.8, 4) is 0 Å². The smallest absolute Gasteiger partial charge is 0.303 e. The standard InChI is InChI=1S/C27H37ClO7/c1-18(29)34-16-23(31)27(35-17-33-14-13-32-4)10-8-21-22-6-5-19-15-20(30)7-9-24(19,2)26(22,28)12-11-25(21,27)3/h7,9,15,21-22H,5-6,8,10-14,16-17H2,1-4H3/t21-,22-,24-,25-,26+,27-/m0/s1. The Morgan fingerprint density at radius 3 is 2.60 bits per heavy atom. The van der Waals surface area contributed by atoms with Gasteiger partial charge in [-0.25, -0.2) is 0 Å². The molecule has 0 aromatic carbocycles. The first-order valence-electron chi connectivity index (χ1n) is 12.5. The van der Waals surface area contributed by atoms with Gasteiger partial charge in [0, 0.05) is 24.9 Å². The van der Waals surface area contributed by atoms with Crippen molar-refractivity contribution in [1.29, 1.82) is 0 Å². The summed E-state index contributed by atoms with van der Waals surface area (Å²) in [7, 11) is 1.60. The van der Waals surface area contributed by atoms with Crippen molar-refractivity contribution in [2.45, 2.75) is 69.8 Å². The maximum atomic E-state index is 13.6. The van der Waals surface area contributed by atoms with Gasteiger partial charge in [-0.05, 0) is 62.5 Å². The molecule has 0 radical (unpaired) electrons. The molecule has 0 aromatic heterocycles. The van der Waals surface area contributed by atoms with Gasteiger partial charge in [-0.2, -0.15) is 0 Å². The highest BCUT2D eigenvalue weighted by Crippen LogP contribution is 2.71. The first-order chi connectivity index (χ1) is 16.5. The molecule has 4 aliphatic carbocycles. The molecule has 8 heteroatoms. The zero-order valence-electron chi connectivity index (χ0n) is 21.2. The van der Waals surface area contributed by atoms with Gasteiger partial charge in [0.15, 0.2) is 12.4 Å². The Morgan fingerprint density at radius 2 is 1.89 bits per heavy atom. The summed E-state index contributed by atoms with van der Waals surface area (Å²) in [4.78, 5) is 36.7. The number of esters is 1. The van der Waals surface area contributed by atoms with Crippen LogP contribution in [-0.4, -0.2) is 61.7 Å². The third-order valence-electron chi connectivity index (χ3n) is 9.46. The van der Waals surface area contributed by atoms with Gasteiger partial charge in [0.05, 0.1) is 18.1 Å². The highest BCUT2D eigenvalue weighted by atomic mass is 35.5. The Kier molecular flexibility index (Phi) is 7.37. The molecule has 0 saturated heterocycles. The van der Waals surface area contributed by atoms with Crippen LogP contribution < -0.4 is 0 Å². The van der Waals surface area contributed by atoms with E-state index in [2.05, 4.69) is 13.8 Å². The highest BCUT2D eigenvalue weighted by Gasteiger charge is 2.71. The average Bonchev–Trinajstić information content (AvgIpc) is 3.11. The number of ketones is 2. The summed E-state index contributed by atoms with van der Waals surface area (Å²) in [5.41, 5.74) is -0.890. The Hall–Kier alpha value is -1.54. The highest BCUT2D eigenvalue weighted by molar-refractivity contribution is 6.25.